The van der Waals surface area contributed by atoms with Gasteiger partial charge in [-0.15, -0.1) is 0 Å². The lowest BCUT2D eigenvalue weighted by molar-refractivity contribution is 0.111. The van der Waals surface area contributed by atoms with E-state index >= 15 is 0 Å². The third-order valence-corrected chi connectivity index (χ3v) is 5.39. The number of ether oxygens (including phenoxy) is 1. The zero-order chi connectivity index (χ0) is 20.3. The number of nitrogens with one attached hydrogen (secondary N) is 2. The van der Waals surface area contributed by atoms with E-state index in [4.69, 9.17) is 9.73 Å². The van der Waals surface area contributed by atoms with Crippen LogP contribution in [0.1, 0.15) is 37.0 Å². The number of methoxy groups -OCH3 is 1. The van der Waals surface area contributed by atoms with Crippen LogP contribution in [0.15, 0.2) is 65.7 Å². The summed E-state index contributed by atoms with van der Waals surface area (Å²) < 4.78 is 5.66. The molecule has 5 nitrogen and oxygen atoms in total. The predicted molar refractivity (Wildman–Crippen MR) is 120 cm³/mol. The Morgan fingerprint density at radius 1 is 1.07 bits per heavy atom. The molecular weight excluding hydrogens is 360 g/mol. The molecule has 1 saturated heterocycles. The molecule has 1 unspecified atom stereocenters. The fourth-order valence-corrected chi connectivity index (χ4v) is 3.75. The van der Waals surface area contributed by atoms with Gasteiger partial charge in [-0.2, -0.15) is 0 Å². The van der Waals surface area contributed by atoms with E-state index in [2.05, 4.69) is 64.9 Å². The van der Waals surface area contributed by atoms with E-state index in [1.807, 2.05) is 18.2 Å². The molecule has 5 heteroatoms. The molecule has 0 radical (unpaired) electrons. The highest BCUT2D eigenvalue weighted by Crippen LogP contribution is 2.17. The lowest BCUT2D eigenvalue weighted by atomic mass is 10.0. The molecular formula is C24H34N4O. The number of guanidine groups is 1. The van der Waals surface area contributed by atoms with Crippen molar-refractivity contribution in [2.24, 2.45) is 4.99 Å². The monoisotopic (exact) mass is 394 g/mol. The van der Waals surface area contributed by atoms with E-state index < -0.39 is 0 Å². The Bertz CT molecular complexity index is 727. The van der Waals surface area contributed by atoms with Gasteiger partial charge >= 0.3 is 0 Å². The molecule has 156 valence electrons. The van der Waals surface area contributed by atoms with Gasteiger partial charge in [0.15, 0.2) is 5.96 Å². The van der Waals surface area contributed by atoms with Gasteiger partial charge in [-0.3, -0.25) is 9.89 Å². The summed E-state index contributed by atoms with van der Waals surface area (Å²) in [5, 5.41) is 7.01. The van der Waals surface area contributed by atoms with Crippen molar-refractivity contribution >= 4 is 5.96 Å². The van der Waals surface area contributed by atoms with E-state index in [0.29, 0.717) is 12.6 Å². The second kappa shape index (κ2) is 11.6. The summed E-state index contributed by atoms with van der Waals surface area (Å²) in [6.07, 6.45) is 2.23. The minimum atomic E-state index is -0.0284. The van der Waals surface area contributed by atoms with Gasteiger partial charge in [-0.1, -0.05) is 60.7 Å². The van der Waals surface area contributed by atoms with Crippen LogP contribution in [-0.4, -0.2) is 50.2 Å². The molecule has 0 amide bonds. The highest BCUT2D eigenvalue weighted by atomic mass is 16.5. The Kier molecular flexibility index (Phi) is 8.53. The highest BCUT2D eigenvalue weighted by Gasteiger charge is 2.20. The number of hydrogen-bond donors (Lipinski definition) is 2. The maximum atomic E-state index is 5.66. The fraction of sp³-hybridized carbons (Fsp3) is 0.458. The van der Waals surface area contributed by atoms with Gasteiger partial charge in [0.05, 0.1) is 6.54 Å². The molecule has 1 heterocycles. The summed E-state index contributed by atoms with van der Waals surface area (Å²) in [5.41, 5.74) is 2.55. The van der Waals surface area contributed by atoms with Crippen molar-refractivity contribution in [2.75, 3.05) is 33.3 Å². The van der Waals surface area contributed by atoms with Crippen molar-refractivity contribution in [2.45, 2.75) is 38.5 Å². The molecule has 1 fully saturated rings. The number of nitrogens with zero attached hydrogens (tertiary/aromatic N) is 2. The Morgan fingerprint density at radius 3 is 2.34 bits per heavy atom. The van der Waals surface area contributed by atoms with Crippen LogP contribution >= 0.6 is 0 Å². The molecule has 0 bridgehead atoms. The lowest BCUT2D eigenvalue weighted by Crippen LogP contribution is -2.48. The number of aliphatic imine (C=N–C) groups is 1. The SMILES string of the molecule is CCNC(=NCC(OC)c1ccccc1)NC1CCN(Cc2ccccc2)CC1. The van der Waals surface area contributed by atoms with Crippen LogP contribution in [0.25, 0.3) is 0 Å². The average Bonchev–Trinajstić information content (AvgIpc) is 2.77. The molecule has 2 aromatic carbocycles. The quantitative estimate of drug-likeness (QED) is 0.531. The summed E-state index contributed by atoms with van der Waals surface area (Å²) in [6.45, 7) is 6.80. The number of likely N-dealkylation sites (tertiary alicyclic amines) is 1. The van der Waals surface area contributed by atoms with Crippen molar-refractivity contribution < 1.29 is 4.74 Å². The van der Waals surface area contributed by atoms with Crippen LogP contribution in [0, 0.1) is 0 Å². The van der Waals surface area contributed by atoms with Gasteiger partial charge in [0, 0.05) is 39.3 Å². The largest absolute Gasteiger partial charge is 0.375 e. The third kappa shape index (κ3) is 6.87. The van der Waals surface area contributed by atoms with Gasteiger partial charge in [0.25, 0.3) is 0 Å². The van der Waals surface area contributed by atoms with E-state index in [0.717, 1.165) is 50.5 Å². The number of piperidine rings is 1. The standard InChI is InChI=1S/C24H34N4O/c1-3-25-24(26-18-23(29-2)21-12-8-5-9-13-21)27-22-14-16-28(17-15-22)19-20-10-6-4-7-11-20/h4-13,22-23H,3,14-19H2,1-2H3,(H2,25,26,27). The molecule has 0 spiro atoms. The molecule has 0 aliphatic carbocycles. The zero-order valence-corrected chi connectivity index (χ0v) is 17.7. The molecule has 2 N–H and O–H groups in total. The minimum absolute atomic E-state index is 0.0284. The summed E-state index contributed by atoms with van der Waals surface area (Å²) in [5.74, 6) is 0.881. The molecule has 1 atom stereocenters. The Hall–Kier alpha value is -2.37. The summed E-state index contributed by atoms with van der Waals surface area (Å²) >= 11 is 0. The van der Waals surface area contributed by atoms with Crippen LogP contribution in [0.3, 0.4) is 0 Å². The smallest absolute Gasteiger partial charge is 0.191 e. The minimum Gasteiger partial charge on any atom is -0.375 e. The first kappa shape index (κ1) is 21.3. The predicted octanol–water partition coefficient (Wildman–Crippen LogP) is 3.59. The maximum Gasteiger partial charge on any atom is 0.191 e. The molecule has 3 rings (SSSR count). The van der Waals surface area contributed by atoms with Crippen LogP contribution in [0.5, 0.6) is 0 Å². The maximum absolute atomic E-state index is 5.66. The van der Waals surface area contributed by atoms with Crippen LogP contribution in [0.2, 0.25) is 0 Å². The van der Waals surface area contributed by atoms with E-state index in [9.17, 15) is 0 Å². The first-order valence-electron chi connectivity index (χ1n) is 10.7. The van der Waals surface area contributed by atoms with Crippen molar-refractivity contribution in [1.29, 1.82) is 0 Å². The second-order valence-electron chi connectivity index (χ2n) is 7.54. The Morgan fingerprint density at radius 2 is 1.72 bits per heavy atom. The summed E-state index contributed by atoms with van der Waals surface area (Å²) in [6, 6.07) is 21.5. The van der Waals surface area contributed by atoms with Crippen molar-refractivity contribution in [3.8, 4) is 0 Å². The summed E-state index contributed by atoms with van der Waals surface area (Å²) in [4.78, 5) is 7.33. The Balaban J connectivity index is 1.50. The Labute approximate surface area is 175 Å². The average molecular weight is 395 g/mol. The fourth-order valence-electron chi connectivity index (χ4n) is 3.75. The number of rotatable bonds is 8. The van der Waals surface area contributed by atoms with E-state index in [-0.39, 0.29) is 6.10 Å². The first-order chi connectivity index (χ1) is 14.3. The first-order valence-corrected chi connectivity index (χ1v) is 10.7. The van der Waals surface area contributed by atoms with Crippen LogP contribution < -0.4 is 10.6 Å². The molecule has 0 saturated carbocycles. The third-order valence-electron chi connectivity index (χ3n) is 5.39. The van der Waals surface area contributed by atoms with E-state index in [1.165, 1.54) is 5.56 Å². The van der Waals surface area contributed by atoms with Crippen molar-refractivity contribution in [1.82, 2.24) is 15.5 Å². The van der Waals surface area contributed by atoms with Crippen LogP contribution in [0.4, 0.5) is 0 Å². The summed E-state index contributed by atoms with van der Waals surface area (Å²) in [7, 11) is 1.75. The zero-order valence-electron chi connectivity index (χ0n) is 17.7. The van der Waals surface area contributed by atoms with Gasteiger partial charge < -0.3 is 15.4 Å². The normalized spacial score (nSPS) is 17.1. The lowest BCUT2D eigenvalue weighted by Gasteiger charge is -2.33. The van der Waals surface area contributed by atoms with Gasteiger partial charge in [-0.05, 0) is 30.9 Å². The molecule has 0 aromatic heterocycles. The van der Waals surface area contributed by atoms with Gasteiger partial charge in [0.1, 0.15) is 6.10 Å². The number of benzene rings is 2. The molecule has 29 heavy (non-hydrogen) atoms. The van der Waals surface area contributed by atoms with Crippen LogP contribution in [-0.2, 0) is 11.3 Å². The molecule has 1 aliphatic heterocycles. The van der Waals surface area contributed by atoms with Crippen molar-refractivity contribution in [3.63, 3.8) is 0 Å². The number of hydrogen-bond acceptors (Lipinski definition) is 3. The molecule has 2 aromatic rings. The second-order valence-corrected chi connectivity index (χ2v) is 7.54. The topological polar surface area (TPSA) is 48.9 Å². The molecule has 1 aliphatic rings. The highest BCUT2D eigenvalue weighted by molar-refractivity contribution is 5.80. The van der Waals surface area contributed by atoms with E-state index in [1.54, 1.807) is 7.11 Å². The van der Waals surface area contributed by atoms with Gasteiger partial charge in [-0.25, -0.2) is 0 Å². The van der Waals surface area contributed by atoms with Gasteiger partial charge in [0.2, 0.25) is 0 Å². The van der Waals surface area contributed by atoms with Crippen molar-refractivity contribution in [3.05, 3.63) is 71.8 Å².